The van der Waals surface area contributed by atoms with Crippen LogP contribution in [-0.2, 0) is 4.79 Å². The van der Waals surface area contributed by atoms with Gasteiger partial charge in [-0.1, -0.05) is 0 Å². The molecule has 0 fully saturated rings. The van der Waals surface area contributed by atoms with E-state index in [1.54, 1.807) is 0 Å². The molecule has 0 aliphatic carbocycles. The third kappa shape index (κ3) is 2.43. The normalized spacial score (nSPS) is 10.6. The second-order valence-electron chi connectivity index (χ2n) is 2.57. The van der Waals surface area contributed by atoms with Gasteiger partial charge in [-0.2, -0.15) is 0 Å². The molecule has 0 saturated heterocycles. The van der Waals surface area contributed by atoms with Crippen LogP contribution in [0.15, 0.2) is 0 Å². The van der Waals surface area contributed by atoms with Gasteiger partial charge < -0.3 is 5.32 Å². The van der Waals surface area contributed by atoms with Gasteiger partial charge in [0.05, 0.1) is 6.54 Å². The molecule has 1 amide bonds. The van der Waals surface area contributed by atoms with Gasteiger partial charge in [0, 0.05) is 18.8 Å². The van der Waals surface area contributed by atoms with Gasteiger partial charge in [-0.15, -0.1) is 0 Å². The number of carbonyl (C=O) groups is 1. The van der Waals surface area contributed by atoms with Crippen molar-refractivity contribution in [3.8, 4) is 0 Å². The molecule has 0 unspecified atom stereocenters. The van der Waals surface area contributed by atoms with E-state index in [2.05, 4.69) is 5.32 Å². The molecule has 0 atom stereocenters. The Morgan fingerprint density at radius 2 is 2.20 bits per heavy atom. The summed E-state index contributed by atoms with van der Waals surface area (Å²) in [6, 6.07) is 0. The number of carbonyl (C=O) groups excluding carboxylic acids is 1. The Kier molecular flexibility index (Phi) is 2.79. The van der Waals surface area contributed by atoms with Gasteiger partial charge in [-0.25, -0.2) is 0 Å². The Morgan fingerprint density at radius 1 is 1.70 bits per heavy atom. The third-order valence-corrected chi connectivity index (χ3v) is 1.11. The van der Waals surface area contributed by atoms with E-state index in [4.69, 9.17) is 0 Å². The smallest absolute Gasteiger partial charge is 0.233 e. The molecular weight excluding hydrogens is 136 g/mol. The quantitative estimate of drug-likeness (QED) is 0.339. The summed E-state index contributed by atoms with van der Waals surface area (Å²) in [6.45, 7) is 2.95. The van der Waals surface area contributed by atoms with Crippen LogP contribution in [0.3, 0.4) is 0 Å². The zero-order valence-electron chi connectivity index (χ0n) is 5.96. The number of nitrogens with zero attached hydrogens (tertiary/aromatic N) is 1. The number of hydrogen-bond acceptors (Lipinski definition) is 3. The highest BCUT2D eigenvalue weighted by Gasteiger charge is 2.29. The Bertz CT molecular complexity index is 144. The Balaban J connectivity index is 3.86. The maximum absolute atomic E-state index is 10.2. The van der Waals surface area contributed by atoms with Gasteiger partial charge >= 0.3 is 0 Å². The molecule has 0 aliphatic rings. The Hall–Kier alpha value is -1.13. The highest BCUT2D eigenvalue weighted by Crippen LogP contribution is 2.03. The maximum Gasteiger partial charge on any atom is 0.233 e. The molecule has 0 aromatic carbocycles. The van der Waals surface area contributed by atoms with Crippen molar-refractivity contribution in [1.29, 1.82) is 0 Å². The van der Waals surface area contributed by atoms with Crippen molar-refractivity contribution in [1.82, 2.24) is 5.32 Å². The fourth-order valence-electron chi connectivity index (χ4n) is 0.356. The minimum Gasteiger partial charge on any atom is -0.351 e. The van der Waals surface area contributed by atoms with Crippen molar-refractivity contribution in [2.75, 3.05) is 6.54 Å². The minimum atomic E-state index is -1.07. The average molecular weight is 146 g/mol. The van der Waals surface area contributed by atoms with Crippen LogP contribution < -0.4 is 5.32 Å². The van der Waals surface area contributed by atoms with Gasteiger partial charge in [0.25, 0.3) is 0 Å². The monoisotopic (exact) mass is 146 g/mol. The standard InChI is InChI=1S/C5H10N2O3/c1-5(2,7(9)10)3-6-4-8/h4H,3H2,1-2H3,(H,6,8). The summed E-state index contributed by atoms with van der Waals surface area (Å²) < 4.78 is 0. The molecule has 0 saturated carbocycles. The fourth-order valence-corrected chi connectivity index (χ4v) is 0.356. The van der Waals surface area contributed by atoms with Crippen LogP contribution in [0.5, 0.6) is 0 Å². The van der Waals surface area contributed by atoms with Crippen molar-refractivity contribution in [3.05, 3.63) is 10.1 Å². The summed E-state index contributed by atoms with van der Waals surface area (Å²) in [5.74, 6) is 0. The van der Waals surface area contributed by atoms with Gasteiger partial charge in [0.1, 0.15) is 0 Å². The van der Waals surface area contributed by atoms with E-state index in [0.29, 0.717) is 6.41 Å². The van der Waals surface area contributed by atoms with Crippen LogP contribution in [-0.4, -0.2) is 23.4 Å². The Morgan fingerprint density at radius 3 is 2.50 bits per heavy atom. The SMILES string of the molecule is CC(C)(CNC=O)[N+](=O)[O-]. The lowest BCUT2D eigenvalue weighted by Gasteiger charge is -2.13. The summed E-state index contributed by atoms with van der Waals surface area (Å²) in [4.78, 5) is 19.5. The van der Waals surface area contributed by atoms with Crippen molar-refractivity contribution >= 4 is 6.41 Å². The predicted octanol–water partition coefficient (Wildman–Crippen LogP) is -0.212. The molecule has 0 heterocycles. The fraction of sp³-hybridized carbons (Fsp3) is 0.800. The molecule has 0 radical (unpaired) electrons. The molecule has 0 aromatic heterocycles. The van der Waals surface area contributed by atoms with Crippen LogP contribution in [0.2, 0.25) is 0 Å². The van der Waals surface area contributed by atoms with Crippen LogP contribution in [0.25, 0.3) is 0 Å². The zero-order valence-corrected chi connectivity index (χ0v) is 5.96. The van der Waals surface area contributed by atoms with Gasteiger partial charge in [0.2, 0.25) is 11.9 Å². The second kappa shape index (κ2) is 3.14. The van der Waals surface area contributed by atoms with E-state index >= 15 is 0 Å². The van der Waals surface area contributed by atoms with Gasteiger partial charge in [-0.3, -0.25) is 14.9 Å². The molecule has 0 aromatic rings. The molecule has 0 bridgehead atoms. The first-order valence-corrected chi connectivity index (χ1v) is 2.82. The van der Waals surface area contributed by atoms with Crippen molar-refractivity contribution in [2.45, 2.75) is 19.4 Å². The maximum atomic E-state index is 10.2. The molecule has 5 heteroatoms. The number of rotatable bonds is 4. The molecular formula is C5H10N2O3. The lowest BCUT2D eigenvalue weighted by molar-refractivity contribution is -0.557. The van der Waals surface area contributed by atoms with Crippen LogP contribution in [0.4, 0.5) is 0 Å². The molecule has 0 rings (SSSR count). The largest absolute Gasteiger partial charge is 0.351 e. The van der Waals surface area contributed by atoms with E-state index in [-0.39, 0.29) is 6.54 Å². The lowest BCUT2D eigenvalue weighted by atomic mass is 10.1. The first-order valence-electron chi connectivity index (χ1n) is 2.82. The minimum absolute atomic E-state index is 0.0590. The summed E-state index contributed by atoms with van der Waals surface area (Å²) >= 11 is 0. The van der Waals surface area contributed by atoms with E-state index in [1.807, 2.05) is 0 Å². The molecule has 0 aliphatic heterocycles. The molecule has 1 N–H and O–H groups in total. The second-order valence-corrected chi connectivity index (χ2v) is 2.57. The Labute approximate surface area is 58.6 Å². The predicted molar refractivity (Wildman–Crippen MR) is 35.1 cm³/mol. The number of nitro groups is 1. The lowest BCUT2D eigenvalue weighted by Crippen LogP contribution is -2.41. The molecule has 10 heavy (non-hydrogen) atoms. The number of nitrogens with one attached hydrogen (secondary N) is 1. The van der Waals surface area contributed by atoms with Crippen LogP contribution >= 0.6 is 0 Å². The summed E-state index contributed by atoms with van der Waals surface area (Å²) in [6.07, 6.45) is 0.450. The van der Waals surface area contributed by atoms with Crippen LogP contribution in [0.1, 0.15) is 13.8 Å². The summed E-state index contributed by atoms with van der Waals surface area (Å²) in [5, 5.41) is 12.4. The molecule has 0 spiro atoms. The van der Waals surface area contributed by atoms with Crippen LogP contribution in [0, 0.1) is 10.1 Å². The molecule has 5 nitrogen and oxygen atoms in total. The summed E-state index contributed by atoms with van der Waals surface area (Å²) in [7, 11) is 0. The van der Waals surface area contributed by atoms with Gasteiger partial charge in [-0.05, 0) is 0 Å². The van der Waals surface area contributed by atoms with E-state index in [0.717, 1.165) is 0 Å². The molecule has 58 valence electrons. The van der Waals surface area contributed by atoms with E-state index < -0.39 is 10.5 Å². The topological polar surface area (TPSA) is 72.2 Å². The highest BCUT2D eigenvalue weighted by atomic mass is 16.6. The third-order valence-electron chi connectivity index (χ3n) is 1.11. The van der Waals surface area contributed by atoms with E-state index in [1.165, 1.54) is 13.8 Å². The summed E-state index contributed by atoms with van der Waals surface area (Å²) in [5.41, 5.74) is -1.07. The first-order chi connectivity index (χ1) is 4.50. The zero-order chi connectivity index (χ0) is 8.20. The first kappa shape index (κ1) is 8.87. The van der Waals surface area contributed by atoms with Crippen molar-refractivity contribution < 1.29 is 9.72 Å². The van der Waals surface area contributed by atoms with Gasteiger partial charge in [0.15, 0.2) is 0 Å². The van der Waals surface area contributed by atoms with Crippen molar-refractivity contribution in [3.63, 3.8) is 0 Å². The highest BCUT2D eigenvalue weighted by molar-refractivity contribution is 5.45. The number of hydrogen-bond donors (Lipinski definition) is 1. The average Bonchev–Trinajstić information content (AvgIpc) is 1.84. The number of amides is 1. The van der Waals surface area contributed by atoms with Crippen molar-refractivity contribution in [2.24, 2.45) is 0 Å². The van der Waals surface area contributed by atoms with E-state index in [9.17, 15) is 14.9 Å².